The minimum absolute atomic E-state index is 0.293. The maximum Gasteiger partial charge on any atom is 0.148 e. The van der Waals surface area contributed by atoms with Gasteiger partial charge in [-0.2, -0.15) is 0 Å². The van der Waals surface area contributed by atoms with Gasteiger partial charge in [-0.3, -0.25) is 4.98 Å². The molecule has 1 aromatic carbocycles. The second-order valence-electron chi connectivity index (χ2n) is 7.83. The number of hydrogen-bond donors (Lipinski definition) is 1. The maximum atomic E-state index is 13.9. The zero-order valence-corrected chi connectivity index (χ0v) is 19.5. The van der Waals surface area contributed by atoms with Crippen molar-refractivity contribution in [2.75, 3.05) is 42.8 Å². The average molecular weight is 467 g/mol. The number of halogens is 2. The molecule has 0 amide bonds. The molecule has 3 heterocycles. The van der Waals surface area contributed by atoms with Crippen molar-refractivity contribution in [3.05, 3.63) is 70.9 Å². The third-order valence-electron chi connectivity index (χ3n) is 5.40. The van der Waals surface area contributed by atoms with Crippen molar-refractivity contribution >= 4 is 23.5 Å². The Morgan fingerprint density at radius 3 is 2.52 bits per heavy atom. The van der Waals surface area contributed by atoms with Gasteiger partial charge in [0.15, 0.2) is 0 Å². The highest BCUT2D eigenvalue weighted by molar-refractivity contribution is 8.00. The van der Waals surface area contributed by atoms with Crippen LogP contribution >= 0.6 is 11.9 Å². The van der Waals surface area contributed by atoms with Crippen LogP contribution in [0.2, 0.25) is 0 Å². The van der Waals surface area contributed by atoms with Gasteiger partial charge in [0, 0.05) is 44.0 Å². The molecule has 1 aliphatic heterocycles. The van der Waals surface area contributed by atoms with Crippen LogP contribution in [0.25, 0.3) is 0 Å². The summed E-state index contributed by atoms with van der Waals surface area (Å²) in [6, 6.07) is 5.34. The van der Waals surface area contributed by atoms with E-state index in [4.69, 9.17) is 0 Å². The van der Waals surface area contributed by atoms with Crippen LogP contribution in [0.15, 0.2) is 41.7 Å². The number of nitrogens with one attached hydrogen (secondary N) is 1. The van der Waals surface area contributed by atoms with Crippen LogP contribution < -0.4 is 9.62 Å². The average Bonchev–Trinajstić information content (AvgIpc) is 2.79. The molecule has 0 bridgehead atoms. The molecule has 3 aromatic rings. The molecule has 0 atom stereocenters. The fraction of sp³-hybridized carbons (Fsp3) is 0.292. The number of rotatable bonds is 4. The normalized spacial score (nSPS) is 14.0. The lowest BCUT2D eigenvalue weighted by Crippen LogP contribution is -2.45. The molecule has 0 spiro atoms. The summed E-state index contributed by atoms with van der Waals surface area (Å²) < 4.78 is 30.2. The Morgan fingerprint density at radius 1 is 0.970 bits per heavy atom. The van der Waals surface area contributed by atoms with Crippen LogP contribution in [0.4, 0.5) is 20.3 Å². The number of benzene rings is 1. The molecule has 1 saturated heterocycles. The highest BCUT2D eigenvalue weighted by atomic mass is 32.2. The Bertz CT molecular complexity index is 1220. The fourth-order valence-corrected chi connectivity index (χ4v) is 4.09. The lowest BCUT2D eigenvalue weighted by Gasteiger charge is -2.33. The van der Waals surface area contributed by atoms with E-state index in [0.29, 0.717) is 16.1 Å². The van der Waals surface area contributed by atoms with Crippen LogP contribution in [-0.4, -0.2) is 53.1 Å². The predicted octanol–water partition coefficient (Wildman–Crippen LogP) is 4.04. The van der Waals surface area contributed by atoms with Gasteiger partial charge in [-0.15, -0.1) is 0 Å². The number of pyridine rings is 1. The van der Waals surface area contributed by atoms with E-state index in [1.165, 1.54) is 12.1 Å². The summed E-state index contributed by atoms with van der Waals surface area (Å²) in [5.41, 5.74) is 3.78. The molecular weight excluding hydrogens is 442 g/mol. The lowest BCUT2D eigenvalue weighted by molar-refractivity contribution is 0.312. The van der Waals surface area contributed by atoms with E-state index in [9.17, 15) is 8.78 Å². The van der Waals surface area contributed by atoms with Gasteiger partial charge in [-0.05, 0) is 51.0 Å². The van der Waals surface area contributed by atoms with Crippen molar-refractivity contribution < 1.29 is 8.78 Å². The number of anilines is 2. The van der Waals surface area contributed by atoms with Crippen LogP contribution in [0.5, 0.6) is 0 Å². The number of piperazine rings is 1. The Kier molecular flexibility index (Phi) is 7.06. The van der Waals surface area contributed by atoms with Crippen molar-refractivity contribution in [2.45, 2.75) is 18.7 Å². The number of hydrogen-bond acceptors (Lipinski definition) is 7. The first-order chi connectivity index (χ1) is 15.9. The van der Waals surface area contributed by atoms with Crippen LogP contribution in [0.3, 0.4) is 0 Å². The first kappa shape index (κ1) is 23.0. The van der Waals surface area contributed by atoms with Crippen molar-refractivity contribution in [3.8, 4) is 11.8 Å². The number of aromatic nitrogens is 3. The first-order valence-corrected chi connectivity index (χ1v) is 11.3. The summed E-state index contributed by atoms with van der Waals surface area (Å²) in [6.07, 6.45) is 3.28. The highest BCUT2D eigenvalue weighted by Crippen LogP contribution is 2.26. The van der Waals surface area contributed by atoms with E-state index < -0.39 is 11.6 Å². The summed E-state index contributed by atoms with van der Waals surface area (Å²) in [7, 11) is 2.11. The molecule has 1 N–H and O–H groups in total. The highest BCUT2D eigenvalue weighted by Gasteiger charge is 2.19. The Balaban J connectivity index is 1.56. The lowest BCUT2D eigenvalue weighted by atomic mass is 10.1. The van der Waals surface area contributed by atoms with Crippen molar-refractivity contribution in [1.82, 2.24) is 19.9 Å². The molecule has 9 heteroatoms. The zero-order chi connectivity index (χ0) is 23.4. The van der Waals surface area contributed by atoms with Crippen molar-refractivity contribution in [1.29, 1.82) is 0 Å². The molecule has 0 aliphatic carbocycles. The molecule has 0 saturated carbocycles. The van der Waals surface area contributed by atoms with Crippen LogP contribution in [0.1, 0.15) is 22.5 Å². The summed E-state index contributed by atoms with van der Waals surface area (Å²) in [6.45, 7) is 7.50. The monoisotopic (exact) mass is 466 g/mol. The van der Waals surface area contributed by atoms with Gasteiger partial charge in [0.25, 0.3) is 0 Å². The first-order valence-electron chi connectivity index (χ1n) is 10.5. The van der Waals surface area contributed by atoms with E-state index >= 15 is 0 Å². The van der Waals surface area contributed by atoms with E-state index in [0.717, 1.165) is 67.0 Å². The van der Waals surface area contributed by atoms with Gasteiger partial charge in [0.2, 0.25) is 0 Å². The summed E-state index contributed by atoms with van der Waals surface area (Å²) in [5.74, 6) is 6.03. The standard InChI is InChI=1S/C24H24F2N6S/c1-16-20(24(29-15-28-16)32-10-8-31(3)9-11-32)6-4-18-12-22(17(2)27-14-18)30-33-23-7-5-19(25)13-21(23)26/h5,7,12-15,30H,8-11H2,1-3H3. The molecular formula is C24H24F2N6S. The van der Waals surface area contributed by atoms with Gasteiger partial charge in [-0.1, -0.05) is 11.8 Å². The van der Waals surface area contributed by atoms with E-state index in [1.807, 2.05) is 19.9 Å². The Morgan fingerprint density at radius 2 is 1.76 bits per heavy atom. The van der Waals surface area contributed by atoms with Gasteiger partial charge in [0.05, 0.1) is 27.5 Å². The molecule has 1 fully saturated rings. The third-order valence-corrected chi connectivity index (χ3v) is 6.28. The predicted molar refractivity (Wildman–Crippen MR) is 127 cm³/mol. The molecule has 6 nitrogen and oxygen atoms in total. The van der Waals surface area contributed by atoms with Gasteiger partial charge in [0.1, 0.15) is 23.8 Å². The molecule has 0 radical (unpaired) electrons. The topological polar surface area (TPSA) is 57.2 Å². The fourth-order valence-electron chi connectivity index (χ4n) is 3.37. The molecule has 4 rings (SSSR count). The van der Waals surface area contributed by atoms with E-state index in [-0.39, 0.29) is 0 Å². The second-order valence-corrected chi connectivity index (χ2v) is 8.68. The largest absolute Gasteiger partial charge is 0.353 e. The SMILES string of the molecule is Cc1ncc(C#Cc2c(C)ncnc2N2CCN(C)CC2)cc1NSc1ccc(F)cc1F. The van der Waals surface area contributed by atoms with Crippen LogP contribution in [-0.2, 0) is 0 Å². The van der Waals surface area contributed by atoms with Gasteiger partial charge in [-0.25, -0.2) is 18.7 Å². The number of likely N-dealkylation sites (N-methyl/N-ethyl adjacent to an activating group) is 1. The maximum absolute atomic E-state index is 13.9. The zero-order valence-electron chi connectivity index (χ0n) is 18.7. The van der Waals surface area contributed by atoms with Gasteiger partial charge < -0.3 is 14.5 Å². The summed E-state index contributed by atoms with van der Waals surface area (Å²) in [4.78, 5) is 18.1. The third kappa shape index (κ3) is 5.59. The quantitative estimate of drug-likeness (QED) is 0.460. The van der Waals surface area contributed by atoms with Crippen molar-refractivity contribution in [2.24, 2.45) is 0 Å². The molecule has 1 aliphatic rings. The molecule has 0 unspecified atom stereocenters. The van der Waals surface area contributed by atoms with Crippen molar-refractivity contribution in [3.63, 3.8) is 0 Å². The van der Waals surface area contributed by atoms with E-state index in [2.05, 4.69) is 48.4 Å². The van der Waals surface area contributed by atoms with Gasteiger partial charge >= 0.3 is 0 Å². The number of aryl methyl sites for hydroxylation is 2. The summed E-state index contributed by atoms with van der Waals surface area (Å²) in [5, 5.41) is 0. The van der Waals surface area contributed by atoms with E-state index in [1.54, 1.807) is 12.5 Å². The Hall–Kier alpha value is -3.22. The molecule has 33 heavy (non-hydrogen) atoms. The smallest absolute Gasteiger partial charge is 0.148 e. The minimum Gasteiger partial charge on any atom is -0.353 e. The molecule has 2 aromatic heterocycles. The Labute approximate surface area is 196 Å². The second kappa shape index (κ2) is 10.1. The summed E-state index contributed by atoms with van der Waals surface area (Å²) >= 11 is 1.06. The van der Waals surface area contributed by atoms with Crippen LogP contribution in [0, 0.1) is 37.3 Å². The minimum atomic E-state index is -0.620. The number of nitrogens with zero attached hydrogens (tertiary/aromatic N) is 5. The molecule has 170 valence electrons.